The van der Waals surface area contributed by atoms with Crippen molar-refractivity contribution in [3.8, 4) is 0 Å². The van der Waals surface area contributed by atoms with Crippen LogP contribution in [-0.2, 0) is 13.1 Å². The Balaban J connectivity index is 0.00000280. The van der Waals surface area contributed by atoms with E-state index in [4.69, 9.17) is 4.42 Å². The van der Waals surface area contributed by atoms with Crippen LogP contribution in [0.15, 0.2) is 33.7 Å². The lowest BCUT2D eigenvalue weighted by molar-refractivity contribution is 0.438. The molecule has 28 heavy (non-hydrogen) atoms. The summed E-state index contributed by atoms with van der Waals surface area (Å²) in [6, 6.07) is 8.83. The summed E-state index contributed by atoms with van der Waals surface area (Å²) in [7, 11) is 1.77. The number of aromatic nitrogens is 1. The number of oxazole rings is 1. The number of aliphatic imine (C=N–C) groups is 1. The molecule has 7 heteroatoms. The molecule has 0 bridgehead atoms. The quantitative estimate of drug-likeness (QED) is 0.371. The first-order chi connectivity index (χ1) is 13.0. The monoisotopic (exact) mass is 497 g/mol. The molecule has 0 unspecified atom stereocenters. The molecule has 3 rings (SSSR count). The fourth-order valence-corrected chi connectivity index (χ4v) is 3.27. The third-order valence-corrected chi connectivity index (χ3v) is 5.25. The van der Waals surface area contributed by atoms with Gasteiger partial charge in [0.15, 0.2) is 5.96 Å². The van der Waals surface area contributed by atoms with Gasteiger partial charge in [0.25, 0.3) is 0 Å². The number of hydrogen-bond acceptors (Lipinski definition) is 4. The van der Waals surface area contributed by atoms with E-state index in [1.165, 1.54) is 24.1 Å². The van der Waals surface area contributed by atoms with Gasteiger partial charge in [-0.3, -0.25) is 4.99 Å². The van der Waals surface area contributed by atoms with Crippen LogP contribution in [0.1, 0.15) is 42.7 Å². The third kappa shape index (κ3) is 6.12. The molecule has 2 N–H and O–H groups in total. The molecule has 0 saturated carbocycles. The van der Waals surface area contributed by atoms with Crippen LogP contribution < -0.4 is 15.5 Å². The molecule has 0 spiro atoms. The number of anilines is 1. The van der Waals surface area contributed by atoms with Gasteiger partial charge in [-0.15, -0.1) is 24.0 Å². The summed E-state index contributed by atoms with van der Waals surface area (Å²) in [5.74, 6) is 3.12. The minimum Gasteiger partial charge on any atom is -0.444 e. The number of nitrogens with zero attached hydrogens (tertiary/aromatic N) is 3. The molecule has 1 aromatic carbocycles. The largest absolute Gasteiger partial charge is 0.444 e. The lowest BCUT2D eigenvalue weighted by Gasteiger charge is -2.32. The molecule has 1 saturated heterocycles. The van der Waals surface area contributed by atoms with Gasteiger partial charge in [0.05, 0.1) is 12.2 Å². The second kappa shape index (κ2) is 10.7. The number of hydrogen-bond donors (Lipinski definition) is 2. The Hall–Kier alpha value is -1.77. The van der Waals surface area contributed by atoms with E-state index in [0.717, 1.165) is 43.0 Å². The van der Waals surface area contributed by atoms with E-state index in [9.17, 15) is 0 Å². The van der Waals surface area contributed by atoms with Gasteiger partial charge in [0, 0.05) is 32.4 Å². The van der Waals surface area contributed by atoms with Crippen LogP contribution in [0.4, 0.5) is 5.69 Å². The Labute approximate surface area is 185 Å². The molecule has 1 aromatic heterocycles. The number of benzene rings is 1. The second-order valence-corrected chi connectivity index (χ2v) is 7.36. The fourth-order valence-electron chi connectivity index (χ4n) is 3.27. The van der Waals surface area contributed by atoms with Gasteiger partial charge in [0.2, 0.25) is 5.89 Å². The van der Waals surface area contributed by atoms with Gasteiger partial charge in [-0.25, -0.2) is 4.98 Å². The van der Waals surface area contributed by atoms with Crippen LogP contribution in [0.2, 0.25) is 0 Å². The number of rotatable bonds is 5. The van der Waals surface area contributed by atoms with Crippen LogP contribution in [0.25, 0.3) is 0 Å². The van der Waals surface area contributed by atoms with Crippen molar-refractivity contribution in [3.63, 3.8) is 0 Å². The zero-order valence-corrected chi connectivity index (χ0v) is 19.6. The standard InChI is InChI=1S/C21H31N5O.HI/c1-15-9-11-26(12-10-15)19-7-5-18(6-8-19)13-23-21(22-4)24-14-20-25-16(2)17(3)27-20;/h5-8,15H,9-14H2,1-4H3,(H2,22,23,24);1H. The maximum Gasteiger partial charge on any atom is 0.214 e. The smallest absolute Gasteiger partial charge is 0.214 e. The lowest BCUT2D eigenvalue weighted by Crippen LogP contribution is -2.36. The average Bonchev–Trinajstić information content (AvgIpc) is 3.01. The summed E-state index contributed by atoms with van der Waals surface area (Å²) in [5.41, 5.74) is 3.48. The van der Waals surface area contributed by atoms with Crippen molar-refractivity contribution in [2.75, 3.05) is 25.0 Å². The minimum atomic E-state index is 0. The van der Waals surface area contributed by atoms with Crippen LogP contribution in [0.3, 0.4) is 0 Å². The fraction of sp³-hybridized carbons (Fsp3) is 0.524. The summed E-state index contributed by atoms with van der Waals surface area (Å²) < 4.78 is 5.59. The van der Waals surface area contributed by atoms with Crippen molar-refractivity contribution in [1.82, 2.24) is 15.6 Å². The Morgan fingerprint density at radius 1 is 1.14 bits per heavy atom. The molecule has 0 amide bonds. The van der Waals surface area contributed by atoms with Gasteiger partial charge in [0.1, 0.15) is 5.76 Å². The van der Waals surface area contributed by atoms with Gasteiger partial charge in [-0.2, -0.15) is 0 Å². The molecular formula is C21H32IN5O. The van der Waals surface area contributed by atoms with Crippen LogP contribution in [0.5, 0.6) is 0 Å². The van der Waals surface area contributed by atoms with Crippen molar-refractivity contribution in [2.45, 2.75) is 46.7 Å². The van der Waals surface area contributed by atoms with Crippen molar-refractivity contribution >= 4 is 35.6 Å². The number of halogens is 1. The van der Waals surface area contributed by atoms with Gasteiger partial charge in [-0.1, -0.05) is 19.1 Å². The molecule has 0 atom stereocenters. The highest BCUT2D eigenvalue weighted by molar-refractivity contribution is 14.0. The summed E-state index contributed by atoms with van der Waals surface area (Å²) in [6.07, 6.45) is 2.57. The maximum atomic E-state index is 5.59. The maximum absolute atomic E-state index is 5.59. The molecule has 1 fully saturated rings. The normalized spacial score (nSPS) is 15.3. The highest BCUT2D eigenvalue weighted by Gasteiger charge is 2.15. The average molecular weight is 497 g/mol. The zero-order chi connectivity index (χ0) is 19.2. The van der Waals surface area contributed by atoms with Gasteiger partial charge in [-0.05, 0) is 50.3 Å². The van der Waals surface area contributed by atoms with Crippen LogP contribution in [0, 0.1) is 19.8 Å². The summed E-state index contributed by atoms with van der Waals surface area (Å²) in [5, 5.41) is 6.58. The zero-order valence-electron chi connectivity index (χ0n) is 17.3. The second-order valence-electron chi connectivity index (χ2n) is 7.36. The van der Waals surface area contributed by atoms with Crippen LogP contribution in [-0.4, -0.2) is 31.1 Å². The van der Waals surface area contributed by atoms with Crippen molar-refractivity contribution in [1.29, 1.82) is 0 Å². The first-order valence-electron chi connectivity index (χ1n) is 9.76. The Morgan fingerprint density at radius 2 is 1.79 bits per heavy atom. The van der Waals surface area contributed by atoms with Crippen molar-refractivity contribution in [3.05, 3.63) is 47.2 Å². The predicted molar refractivity (Wildman–Crippen MR) is 125 cm³/mol. The van der Waals surface area contributed by atoms with Gasteiger partial charge >= 0.3 is 0 Å². The Morgan fingerprint density at radius 3 is 2.36 bits per heavy atom. The van der Waals surface area contributed by atoms with E-state index in [0.29, 0.717) is 12.4 Å². The molecule has 1 aliphatic rings. The minimum absolute atomic E-state index is 0. The van der Waals surface area contributed by atoms with E-state index in [-0.39, 0.29) is 24.0 Å². The number of guanidine groups is 1. The predicted octanol–water partition coefficient (Wildman–Crippen LogP) is 4.01. The first-order valence-corrected chi connectivity index (χ1v) is 9.76. The molecule has 1 aliphatic heterocycles. The van der Waals surface area contributed by atoms with Gasteiger partial charge < -0.3 is 20.0 Å². The van der Waals surface area contributed by atoms with Crippen molar-refractivity contribution in [2.24, 2.45) is 10.9 Å². The molecule has 0 aliphatic carbocycles. The molecule has 154 valence electrons. The van der Waals surface area contributed by atoms with E-state index in [1.807, 2.05) is 13.8 Å². The van der Waals surface area contributed by atoms with E-state index < -0.39 is 0 Å². The lowest BCUT2D eigenvalue weighted by atomic mass is 9.99. The number of piperidine rings is 1. The topological polar surface area (TPSA) is 65.7 Å². The van der Waals surface area contributed by atoms with E-state index in [1.54, 1.807) is 7.05 Å². The first kappa shape index (κ1) is 22.5. The van der Waals surface area contributed by atoms with E-state index in [2.05, 4.69) is 56.7 Å². The highest BCUT2D eigenvalue weighted by atomic mass is 127. The summed E-state index contributed by atoms with van der Waals surface area (Å²) in [4.78, 5) is 11.1. The highest BCUT2D eigenvalue weighted by Crippen LogP contribution is 2.23. The molecule has 0 radical (unpaired) electrons. The molecule has 2 heterocycles. The number of aryl methyl sites for hydroxylation is 2. The molecular weight excluding hydrogens is 465 g/mol. The Bertz CT molecular complexity index is 744. The summed E-state index contributed by atoms with van der Waals surface area (Å²) in [6.45, 7) is 9.78. The Kier molecular flexibility index (Phi) is 8.59. The van der Waals surface area contributed by atoms with Crippen molar-refractivity contribution < 1.29 is 4.42 Å². The SMILES string of the molecule is CN=C(NCc1ccc(N2CCC(C)CC2)cc1)NCc1nc(C)c(C)o1.I. The third-order valence-electron chi connectivity index (χ3n) is 5.25. The van der Waals surface area contributed by atoms with E-state index >= 15 is 0 Å². The van der Waals surface area contributed by atoms with Crippen LogP contribution >= 0.6 is 24.0 Å². The molecule has 2 aromatic rings. The molecule has 6 nitrogen and oxygen atoms in total. The number of nitrogens with one attached hydrogen (secondary N) is 2. The summed E-state index contributed by atoms with van der Waals surface area (Å²) >= 11 is 0.